The lowest BCUT2D eigenvalue weighted by atomic mass is 9.91. The highest BCUT2D eigenvalue weighted by Crippen LogP contribution is 2.49. The maximum atomic E-state index is 11.4. The number of hydrogen-bond donors (Lipinski definition) is 1. The first-order chi connectivity index (χ1) is 9.10. The largest absolute Gasteiger partial charge is 0.481 e. The van der Waals surface area contributed by atoms with Crippen molar-refractivity contribution in [3.8, 4) is 0 Å². The van der Waals surface area contributed by atoms with Crippen molar-refractivity contribution in [3.63, 3.8) is 0 Å². The highest BCUT2D eigenvalue weighted by Gasteiger charge is 2.52. The van der Waals surface area contributed by atoms with Gasteiger partial charge in [-0.2, -0.15) is 0 Å². The van der Waals surface area contributed by atoms with Gasteiger partial charge in [-0.05, 0) is 37.0 Å². The number of esters is 1. The minimum absolute atomic E-state index is 0.323. The predicted molar refractivity (Wildman–Crippen MR) is 70.7 cm³/mol. The number of carbonyl (C=O) groups excluding carboxylic acids is 1. The molecule has 1 N–H and O–H groups in total. The van der Waals surface area contributed by atoms with Crippen molar-refractivity contribution < 1.29 is 19.4 Å². The van der Waals surface area contributed by atoms with E-state index in [1.165, 1.54) is 6.08 Å². The van der Waals surface area contributed by atoms with E-state index in [9.17, 15) is 14.7 Å². The Morgan fingerprint density at radius 1 is 1.37 bits per heavy atom. The minimum atomic E-state index is -0.801. The van der Waals surface area contributed by atoms with Crippen molar-refractivity contribution in [3.05, 3.63) is 41.5 Å². The van der Waals surface area contributed by atoms with E-state index in [0.29, 0.717) is 19.4 Å². The Balaban J connectivity index is 2.28. The Labute approximate surface area is 111 Å². The monoisotopic (exact) mass is 260 g/mol. The maximum Gasteiger partial charge on any atom is 0.330 e. The lowest BCUT2D eigenvalue weighted by Gasteiger charge is -2.13. The van der Waals surface area contributed by atoms with Crippen molar-refractivity contribution in [2.24, 2.45) is 0 Å². The molecule has 0 saturated heterocycles. The van der Waals surface area contributed by atoms with E-state index in [-0.39, 0.29) is 0 Å². The van der Waals surface area contributed by atoms with E-state index < -0.39 is 17.4 Å². The summed E-state index contributed by atoms with van der Waals surface area (Å²) in [5.41, 5.74) is 0.758. The van der Waals surface area contributed by atoms with Crippen LogP contribution in [0.5, 0.6) is 0 Å². The van der Waals surface area contributed by atoms with Gasteiger partial charge in [0.1, 0.15) is 0 Å². The molecule has 0 amide bonds. The minimum Gasteiger partial charge on any atom is -0.481 e. The summed E-state index contributed by atoms with van der Waals surface area (Å²) < 4.78 is 4.81. The highest BCUT2D eigenvalue weighted by molar-refractivity contribution is 5.90. The van der Waals surface area contributed by atoms with Gasteiger partial charge in [0, 0.05) is 6.08 Å². The van der Waals surface area contributed by atoms with Crippen LogP contribution in [-0.2, 0) is 19.7 Å². The zero-order valence-corrected chi connectivity index (χ0v) is 10.8. The Kier molecular flexibility index (Phi) is 3.69. The summed E-state index contributed by atoms with van der Waals surface area (Å²) in [5, 5.41) is 9.33. The normalized spacial score (nSPS) is 16.3. The molecule has 0 bridgehead atoms. The lowest BCUT2D eigenvalue weighted by molar-refractivity contribution is -0.140. The third kappa shape index (κ3) is 2.67. The molecule has 100 valence electrons. The second-order valence-corrected chi connectivity index (χ2v) is 4.56. The van der Waals surface area contributed by atoms with Gasteiger partial charge in [0.15, 0.2) is 0 Å². The fourth-order valence-corrected chi connectivity index (χ4v) is 2.15. The summed E-state index contributed by atoms with van der Waals surface area (Å²) in [6.07, 6.45) is 4.25. The molecule has 2 rings (SSSR count). The van der Waals surface area contributed by atoms with Gasteiger partial charge in [-0.25, -0.2) is 4.79 Å². The Hall–Kier alpha value is -2.10. The number of benzene rings is 1. The van der Waals surface area contributed by atoms with Gasteiger partial charge >= 0.3 is 11.9 Å². The van der Waals surface area contributed by atoms with Crippen molar-refractivity contribution in [2.75, 3.05) is 6.61 Å². The van der Waals surface area contributed by atoms with E-state index in [0.717, 1.165) is 11.1 Å². The molecule has 0 aliphatic heterocycles. The molecule has 0 radical (unpaired) electrons. The molecule has 19 heavy (non-hydrogen) atoms. The zero-order chi connectivity index (χ0) is 13.9. The SMILES string of the molecule is CCOC(=O)C=Cc1ccccc1C1(C(=O)O)CC1. The number of carbonyl (C=O) groups is 2. The Bertz CT molecular complexity index is 527. The third-order valence-electron chi connectivity index (χ3n) is 3.32. The first-order valence-corrected chi connectivity index (χ1v) is 6.28. The number of carboxylic acids is 1. The molecular formula is C15H16O4. The summed E-state index contributed by atoms with van der Waals surface area (Å²) in [7, 11) is 0. The molecule has 1 aliphatic rings. The van der Waals surface area contributed by atoms with Gasteiger partial charge in [-0.1, -0.05) is 24.3 Å². The van der Waals surface area contributed by atoms with Crippen molar-refractivity contribution in [1.29, 1.82) is 0 Å². The molecular weight excluding hydrogens is 244 g/mol. The molecule has 0 atom stereocenters. The lowest BCUT2D eigenvalue weighted by Crippen LogP contribution is -2.20. The molecule has 1 saturated carbocycles. The summed E-state index contributed by atoms with van der Waals surface area (Å²) in [6, 6.07) is 7.27. The van der Waals surface area contributed by atoms with E-state index >= 15 is 0 Å². The number of rotatable bonds is 5. The first kappa shape index (κ1) is 13.3. The predicted octanol–water partition coefficient (Wildman–Crippen LogP) is 2.38. The first-order valence-electron chi connectivity index (χ1n) is 6.28. The molecule has 0 heterocycles. The van der Waals surface area contributed by atoms with Crippen LogP contribution in [0, 0.1) is 0 Å². The van der Waals surface area contributed by atoms with Crippen LogP contribution in [0.2, 0.25) is 0 Å². The smallest absolute Gasteiger partial charge is 0.330 e. The van der Waals surface area contributed by atoms with Crippen LogP contribution in [0.4, 0.5) is 0 Å². The van der Waals surface area contributed by atoms with E-state index in [1.54, 1.807) is 13.0 Å². The fourth-order valence-electron chi connectivity index (χ4n) is 2.15. The zero-order valence-electron chi connectivity index (χ0n) is 10.8. The molecule has 4 nitrogen and oxygen atoms in total. The highest BCUT2D eigenvalue weighted by atomic mass is 16.5. The summed E-state index contributed by atoms with van der Waals surface area (Å²) in [5.74, 6) is -1.22. The topological polar surface area (TPSA) is 63.6 Å². The summed E-state index contributed by atoms with van der Waals surface area (Å²) in [4.78, 5) is 22.7. The van der Waals surface area contributed by atoms with Crippen LogP contribution >= 0.6 is 0 Å². The number of carboxylic acid groups (broad SMARTS) is 1. The van der Waals surface area contributed by atoms with Crippen LogP contribution in [0.1, 0.15) is 30.9 Å². The van der Waals surface area contributed by atoms with Crippen molar-refractivity contribution >= 4 is 18.0 Å². The standard InChI is InChI=1S/C15H16O4/c1-2-19-13(16)8-7-11-5-3-4-6-12(11)15(9-10-15)14(17)18/h3-8H,2,9-10H2,1H3,(H,17,18). The number of aliphatic carboxylic acids is 1. The molecule has 0 spiro atoms. The summed E-state index contributed by atoms with van der Waals surface area (Å²) >= 11 is 0. The van der Waals surface area contributed by atoms with Crippen LogP contribution in [0.3, 0.4) is 0 Å². The maximum absolute atomic E-state index is 11.4. The average Bonchev–Trinajstić information content (AvgIpc) is 3.18. The van der Waals surface area contributed by atoms with E-state index in [2.05, 4.69) is 0 Å². The molecule has 0 unspecified atom stereocenters. The van der Waals surface area contributed by atoms with Gasteiger partial charge < -0.3 is 9.84 Å². The molecule has 1 fully saturated rings. The fraction of sp³-hybridized carbons (Fsp3) is 0.333. The molecule has 0 aromatic heterocycles. The average molecular weight is 260 g/mol. The van der Waals surface area contributed by atoms with E-state index in [4.69, 9.17) is 4.74 Å². The van der Waals surface area contributed by atoms with Gasteiger partial charge in [0.2, 0.25) is 0 Å². The quantitative estimate of drug-likeness (QED) is 0.652. The number of ether oxygens (including phenoxy) is 1. The molecule has 1 aliphatic carbocycles. The van der Waals surface area contributed by atoms with Gasteiger partial charge in [0.25, 0.3) is 0 Å². The Morgan fingerprint density at radius 3 is 2.63 bits per heavy atom. The van der Waals surface area contributed by atoms with Crippen LogP contribution in [-0.4, -0.2) is 23.7 Å². The van der Waals surface area contributed by atoms with Gasteiger partial charge in [-0.15, -0.1) is 0 Å². The van der Waals surface area contributed by atoms with E-state index in [1.807, 2.05) is 24.3 Å². The number of hydrogen-bond acceptors (Lipinski definition) is 3. The molecule has 1 aromatic carbocycles. The molecule has 1 aromatic rings. The van der Waals surface area contributed by atoms with Crippen molar-refractivity contribution in [1.82, 2.24) is 0 Å². The van der Waals surface area contributed by atoms with Crippen LogP contribution < -0.4 is 0 Å². The third-order valence-corrected chi connectivity index (χ3v) is 3.32. The van der Waals surface area contributed by atoms with Gasteiger partial charge in [0.05, 0.1) is 12.0 Å². The second-order valence-electron chi connectivity index (χ2n) is 4.56. The van der Waals surface area contributed by atoms with Crippen LogP contribution in [0.15, 0.2) is 30.3 Å². The second kappa shape index (κ2) is 5.26. The Morgan fingerprint density at radius 2 is 2.05 bits per heavy atom. The van der Waals surface area contributed by atoms with Crippen LogP contribution in [0.25, 0.3) is 6.08 Å². The van der Waals surface area contributed by atoms with Gasteiger partial charge in [-0.3, -0.25) is 4.79 Å². The molecule has 4 heteroatoms. The summed E-state index contributed by atoms with van der Waals surface area (Å²) in [6.45, 7) is 2.06. The van der Waals surface area contributed by atoms with Crippen molar-refractivity contribution in [2.45, 2.75) is 25.2 Å².